The van der Waals surface area contributed by atoms with Crippen molar-refractivity contribution in [3.05, 3.63) is 0 Å². The SMILES string of the molecule is CCC1CN(C(C)CNC(C)C)CCS1. The minimum atomic E-state index is 0.605. The molecule has 15 heavy (non-hydrogen) atoms. The molecule has 0 radical (unpaired) electrons. The Hall–Kier alpha value is 0.270. The maximum absolute atomic E-state index is 3.53. The van der Waals surface area contributed by atoms with Crippen molar-refractivity contribution < 1.29 is 0 Å². The molecule has 0 aromatic carbocycles. The normalized spacial score (nSPS) is 25.8. The summed E-state index contributed by atoms with van der Waals surface area (Å²) in [5, 5.41) is 4.39. The highest BCUT2D eigenvalue weighted by Gasteiger charge is 2.22. The van der Waals surface area contributed by atoms with Gasteiger partial charge < -0.3 is 5.32 Å². The van der Waals surface area contributed by atoms with Crippen molar-refractivity contribution in [3.8, 4) is 0 Å². The van der Waals surface area contributed by atoms with Gasteiger partial charge in [0.1, 0.15) is 0 Å². The third-order valence-electron chi connectivity index (χ3n) is 3.07. The number of thioether (sulfide) groups is 1. The number of hydrogen-bond donors (Lipinski definition) is 1. The molecule has 2 nitrogen and oxygen atoms in total. The first-order valence-electron chi connectivity index (χ1n) is 6.22. The maximum atomic E-state index is 3.53. The van der Waals surface area contributed by atoms with Gasteiger partial charge in [-0.05, 0) is 13.3 Å². The summed E-state index contributed by atoms with van der Waals surface area (Å²) in [6.45, 7) is 12.8. The van der Waals surface area contributed by atoms with E-state index >= 15 is 0 Å². The smallest absolute Gasteiger partial charge is 0.0193 e. The molecule has 3 heteroatoms. The van der Waals surface area contributed by atoms with E-state index in [4.69, 9.17) is 0 Å². The van der Waals surface area contributed by atoms with E-state index in [9.17, 15) is 0 Å². The summed E-state index contributed by atoms with van der Waals surface area (Å²) < 4.78 is 0. The molecule has 1 fully saturated rings. The number of rotatable bonds is 5. The molecule has 1 N–H and O–H groups in total. The average molecular weight is 230 g/mol. The molecule has 90 valence electrons. The van der Waals surface area contributed by atoms with Crippen LogP contribution < -0.4 is 5.32 Å². The zero-order valence-corrected chi connectivity index (χ0v) is 11.4. The number of nitrogens with zero attached hydrogens (tertiary/aromatic N) is 1. The van der Waals surface area contributed by atoms with Crippen LogP contribution in [0.3, 0.4) is 0 Å². The largest absolute Gasteiger partial charge is 0.313 e. The predicted octanol–water partition coefficient (Wildman–Crippen LogP) is 2.20. The van der Waals surface area contributed by atoms with E-state index in [-0.39, 0.29) is 0 Å². The van der Waals surface area contributed by atoms with Crippen LogP contribution >= 0.6 is 11.8 Å². The Balaban J connectivity index is 2.28. The molecule has 0 aromatic rings. The fourth-order valence-electron chi connectivity index (χ4n) is 1.92. The summed E-state index contributed by atoms with van der Waals surface area (Å²) in [5.74, 6) is 1.31. The van der Waals surface area contributed by atoms with Gasteiger partial charge in [-0.15, -0.1) is 0 Å². The van der Waals surface area contributed by atoms with Crippen LogP contribution in [-0.2, 0) is 0 Å². The lowest BCUT2D eigenvalue weighted by Crippen LogP contribution is -2.47. The van der Waals surface area contributed by atoms with E-state index in [1.165, 1.54) is 25.3 Å². The zero-order chi connectivity index (χ0) is 11.3. The molecule has 1 aliphatic rings. The molecule has 0 bridgehead atoms. The van der Waals surface area contributed by atoms with Crippen LogP contribution in [0.25, 0.3) is 0 Å². The molecule has 2 unspecified atom stereocenters. The van der Waals surface area contributed by atoms with Gasteiger partial charge in [0, 0.05) is 42.7 Å². The van der Waals surface area contributed by atoms with Gasteiger partial charge in [-0.2, -0.15) is 11.8 Å². The number of nitrogens with one attached hydrogen (secondary N) is 1. The minimum absolute atomic E-state index is 0.605. The molecule has 1 heterocycles. The van der Waals surface area contributed by atoms with Gasteiger partial charge in [0.25, 0.3) is 0 Å². The molecule has 0 spiro atoms. The Morgan fingerprint density at radius 1 is 1.40 bits per heavy atom. The summed E-state index contributed by atoms with van der Waals surface area (Å²) in [7, 11) is 0. The third-order valence-corrected chi connectivity index (χ3v) is 4.44. The van der Waals surface area contributed by atoms with E-state index in [0.717, 1.165) is 11.8 Å². The molecular weight excluding hydrogens is 204 g/mol. The lowest BCUT2D eigenvalue weighted by molar-refractivity contribution is 0.207. The number of hydrogen-bond acceptors (Lipinski definition) is 3. The Morgan fingerprint density at radius 3 is 2.73 bits per heavy atom. The van der Waals surface area contributed by atoms with Gasteiger partial charge in [0.15, 0.2) is 0 Å². The Bertz CT molecular complexity index is 173. The Morgan fingerprint density at radius 2 is 2.13 bits per heavy atom. The van der Waals surface area contributed by atoms with Crippen molar-refractivity contribution in [2.24, 2.45) is 0 Å². The minimum Gasteiger partial charge on any atom is -0.313 e. The lowest BCUT2D eigenvalue weighted by atomic mass is 10.2. The molecule has 0 aliphatic carbocycles. The van der Waals surface area contributed by atoms with Gasteiger partial charge in [-0.1, -0.05) is 20.8 Å². The fraction of sp³-hybridized carbons (Fsp3) is 1.00. The molecule has 0 amide bonds. The van der Waals surface area contributed by atoms with Crippen molar-refractivity contribution >= 4 is 11.8 Å². The molecule has 0 saturated carbocycles. The van der Waals surface area contributed by atoms with E-state index in [2.05, 4.69) is 49.7 Å². The van der Waals surface area contributed by atoms with Crippen LogP contribution in [0, 0.1) is 0 Å². The fourth-order valence-corrected chi connectivity index (χ4v) is 3.13. The summed E-state index contributed by atoms with van der Waals surface area (Å²) in [5.41, 5.74) is 0. The van der Waals surface area contributed by atoms with E-state index in [0.29, 0.717) is 12.1 Å². The van der Waals surface area contributed by atoms with Crippen molar-refractivity contribution in [1.82, 2.24) is 10.2 Å². The summed E-state index contributed by atoms with van der Waals surface area (Å²) in [4.78, 5) is 2.64. The first-order chi connectivity index (χ1) is 7.13. The van der Waals surface area contributed by atoms with Crippen LogP contribution in [-0.4, -0.2) is 47.6 Å². The summed E-state index contributed by atoms with van der Waals surface area (Å²) in [6.07, 6.45) is 1.31. The van der Waals surface area contributed by atoms with Crippen LogP contribution in [0.15, 0.2) is 0 Å². The second kappa shape index (κ2) is 6.77. The van der Waals surface area contributed by atoms with Gasteiger partial charge in [-0.25, -0.2) is 0 Å². The van der Waals surface area contributed by atoms with Gasteiger partial charge in [0.2, 0.25) is 0 Å². The average Bonchev–Trinajstić information content (AvgIpc) is 2.26. The molecule has 1 aliphatic heterocycles. The Labute approximate surface area is 99.2 Å². The van der Waals surface area contributed by atoms with Crippen LogP contribution in [0.2, 0.25) is 0 Å². The standard InChI is InChI=1S/C12H26N2S/c1-5-12-9-14(6-7-15-12)11(4)8-13-10(2)3/h10-13H,5-9H2,1-4H3. The molecule has 2 atom stereocenters. The predicted molar refractivity (Wildman–Crippen MR) is 70.7 cm³/mol. The van der Waals surface area contributed by atoms with Crippen molar-refractivity contribution in [3.63, 3.8) is 0 Å². The molecular formula is C12H26N2S. The van der Waals surface area contributed by atoms with E-state index in [1.54, 1.807) is 0 Å². The third kappa shape index (κ3) is 4.75. The van der Waals surface area contributed by atoms with Crippen LogP contribution in [0.1, 0.15) is 34.1 Å². The molecule has 1 rings (SSSR count). The molecule has 1 saturated heterocycles. The van der Waals surface area contributed by atoms with Crippen LogP contribution in [0.4, 0.5) is 0 Å². The monoisotopic (exact) mass is 230 g/mol. The summed E-state index contributed by atoms with van der Waals surface area (Å²) in [6, 6.07) is 1.29. The highest BCUT2D eigenvalue weighted by Crippen LogP contribution is 2.22. The topological polar surface area (TPSA) is 15.3 Å². The van der Waals surface area contributed by atoms with E-state index < -0.39 is 0 Å². The van der Waals surface area contributed by atoms with Crippen molar-refractivity contribution in [2.45, 2.75) is 51.4 Å². The summed E-state index contributed by atoms with van der Waals surface area (Å²) >= 11 is 2.15. The first kappa shape index (κ1) is 13.3. The van der Waals surface area contributed by atoms with Crippen molar-refractivity contribution in [1.29, 1.82) is 0 Å². The lowest BCUT2D eigenvalue weighted by Gasteiger charge is -2.36. The van der Waals surface area contributed by atoms with Gasteiger partial charge in [0.05, 0.1) is 0 Å². The maximum Gasteiger partial charge on any atom is 0.0193 e. The Kier molecular flexibility index (Phi) is 6.02. The van der Waals surface area contributed by atoms with Crippen LogP contribution in [0.5, 0.6) is 0 Å². The second-order valence-electron chi connectivity index (χ2n) is 4.81. The van der Waals surface area contributed by atoms with Crippen molar-refractivity contribution in [2.75, 3.05) is 25.4 Å². The van der Waals surface area contributed by atoms with Gasteiger partial charge >= 0.3 is 0 Å². The first-order valence-corrected chi connectivity index (χ1v) is 7.27. The van der Waals surface area contributed by atoms with Gasteiger partial charge in [-0.3, -0.25) is 4.90 Å². The molecule has 0 aromatic heterocycles. The second-order valence-corrected chi connectivity index (χ2v) is 6.22. The zero-order valence-electron chi connectivity index (χ0n) is 10.6. The van der Waals surface area contributed by atoms with E-state index in [1.807, 2.05) is 0 Å². The quantitative estimate of drug-likeness (QED) is 0.779. The highest BCUT2D eigenvalue weighted by molar-refractivity contribution is 8.00. The highest BCUT2D eigenvalue weighted by atomic mass is 32.2.